The highest BCUT2D eigenvalue weighted by Gasteiger charge is 2.34. The molecule has 160 valence electrons. The zero-order valence-electron chi connectivity index (χ0n) is 17.5. The van der Waals surface area contributed by atoms with E-state index in [0.29, 0.717) is 42.5 Å². The SMILES string of the molecule is COc1cc(C2CCC3=C(CCN(c4ccccc4C)C3=O)C(C(N)=O)=N2)ccc1F. The first-order valence-corrected chi connectivity index (χ1v) is 10.2. The lowest BCUT2D eigenvalue weighted by Crippen LogP contribution is -2.40. The molecule has 2 aromatic carbocycles. The molecule has 0 saturated carbocycles. The first-order chi connectivity index (χ1) is 14.9. The molecule has 0 aromatic heterocycles. The van der Waals surface area contributed by atoms with Crippen LogP contribution in [0.15, 0.2) is 58.6 Å². The maximum atomic E-state index is 13.9. The van der Waals surface area contributed by atoms with Crippen molar-refractivity contribution in [2.24, 2.45) is 10.7 Å². The molecule has 0 radical (unpaired) electrons. The number of hydrogen-bond donors (Lipinski definition) is 1. The maximum absolute atomic E-state index is 13.9. The van der Waals surface area contributed by atoms with Gasteiger partial charge >= 0.3 is 0 Å². The molecule has 0 bridgehead atoms. The molecule has 6 nitrogen and oxygen atoms in total. The topological polar surface area (TPSA) is 85.0 Å². The van der Waals surface area contributed by atoms with Crippen LogP contribution < -0.4 is 15.4 Å². The molecule has 4 rings (SSSR count). The summed E-state index contributed by atoms with van der Waals surface area (Å²) >= 11 is 0. The number of aryl methyl sites for hydroxylation is 1. The van der Waals surface area contributed by atoms with Crippen molar-refractivity contribution in [3.63, 3.8) is 0 Å². The number of halogens is 1. The van der Waals surface area contributed by atoms with E-state index >= 15 is 0 Å². The highest BCUT2D eigenvalue weighted by atomic mass is 19.1. The molecular formula is C24H24FN3O3. The van der Waals surface area contributed by atoms with Gasteiger partial charge in [-0.3, -0.25) is 14.6 Å². The van der Waals surface area contributed by atoms with Crippen LogP contribution in [0.5, 0.6) is 5.75 Å². The van der Waals surface area contributed by atoms with Crippen LogP contribution in [0.4, 0.5) is 10.1 Å². The molecule has 0 saturated heterocycles. The Labute approximate surface area is 180 Å². The van der Waals surface area contributed by atoms with Gasteiger partial charge in [0.05, 0.1) is 13.2 Å². The van der Waals surface area contributed by atoms with Crippen molar-refractivity contribution in [2.45, 2.75) is 32.2 Å². The van der Waals surface area contributed by atoms with Crippen LogP contribution in [-0.2, 0) is 9.59 Å². The molecular weight excluding hydrogens is 397 g/mol. The molecule has 7 heteroatoms. The van der Waals surface area contributed by atoms with Gasteiger partial charge < -0.3 is 15.4 Å². The van der Waals surface area contributed by atoms with E-state index in [1.165, 1.54) is 13.2 Å². The second kappa shape index (κ2) is 8.34. The van der Waals surface area contributed by atoms with E-state index in [2.05, 4.69) is 4.99 Å². The predicted molar refractivity (Wildman–Crippen MR) is 117 cm³/mol. The number of ether oxygens (including phenoxy) is 1. The van der Waals surface area contributed by atoms with Gasteiger partial charge in [0.15, 0.2) is 11.6 Å². The van der Waals surface area contributed by atoms with Crippen LogP contribution in [0, 0.1) is 12.7 Å². The highest BCUT2D eigenvalue weighted by Crippen LogP contribution is 2.37. The first-order valence-electron chi connectivity index (χ1n) is 10.2. The summed E-state index contributed by atoms with van der Waals surface area (Å²) in [7, 11) is 1.40. The van der Waals surface area contributed by atoms with Crippen LogP contribution in [0.2, 0.25) is 0 Å². The summed E-state index contributed by atoms with van der Waals surface area (Å²) in [4.78, 5) is 32.1. The summed E-state index contributed by atoms with van der Waals surface area (Å²) in [5.41, 5.74) is 9.58. The largest absolute Gasteiger partial charge is 0.494 e. The van der Waals surface area contributed by atoms with Crippen molar-refractivity contribution in [3.05, 3.63) is 70.6 Å². The van der Waals surface area contributed by atoms with Crippen molar-refractivity contribution in [3.8, 4) is 5.75 Å². The number of hydrogen-bond acceptors (Lipinski definition) is 4. The normalized spacial score (nSPS) is 18.9. The van der Waals surface area contributed by atoms with Crippen LogP contribution in [0.1, 0.15) is 36.4 Å². The second-order valence-electron chi connectivity index (χ2n) is 7.74. The van der Waals surface area contributed by atoms with Crippen molar-refractivity contribution < 1.29 is 18.7 Å². The Morgan fingerprint density at radius 2 is 1.97 bits per heavy atom. The number of para-hydroxylation sites is 1. The number of rotatable bonds is 4. The summed E-state index contributed by atoms with van der Waals surface area (Å²) in [6, 6.07) is 11.8. The average molecular weight is 421 g/mol. The lowest BCUT2D eigenvalue weighted by Gasteiger charge is -2.31. The Balaban J connectivity index is 1.71. The predicted octanol–water partition coefficient (Wildman–Crippen LogP) is 3.64. The summed E-state index contributed by atoms with van der Waals surface area (Å²) in [5, 5.41) is 0. The van der Waals surface area contributed by atoms with Gasteiger partial charge in [0.1, 0.15) is 5.71 Å². The molecule has 2 aliphatic rings. The minimum Gasteiger partial charge on any atom is -0.494 e. The van der Waals surface area contributed by atoms with Crippen LogP contribution in [0.3, 0.4) is 0 Å². The van der Waals surface area contributed by atoms with E-state index in [1.54, 1.807) is 17.0 Å². The van der Waals surface area contributed by atoms with E-state index in [-0.39, 0.29) is 17.4 Å². The average Bonchev–Trinajstić information content (AvgIpc) is 2.96. The molecule has 2 heterocycles. The van der Waals surface area contributed by atoms with E-state index in [1.807, 2.05) is 31.2 Å². The third kappa shape index (κ3) is 3.83. The van der Waals surface area contributed by atoms with Crippen molar-refractivity contribution in [2.75, 3.05) is 18.6 Å². The molecule has 0 fully saturated rings. The van der Waals surface area contributed by atoms with Crippen molar-refractivity contribution in [1.82, 2.24) is 0 Å². The number of aliphatic imine (C=N–C) groups is 1. The number of methoxy groups -OCH3 is 1. The Morgan fingerprint density at radius 3 is 2.68 bits per heavy atom. The molecule has 0 aliphatic carbocycles. The number of nitrogens with zero attached hydrogens (tertiary/aromatic N) is 2. The molecule has 2 aromatic rings. The Bertz CT molecular complexity index is 1120. The van der Waals surface area contributed by atoms with Gasteiger partial charge in [-0.15, -0.1) is 0 Å². The van der Waals surface area contributed by atoms with Crippen molar-refractivity contribution in [1.29, 1.82) is 0 Å². The van der Waals surface area contributed by atoms with Gasteiger partial charge in [0, 0.05) is 17.8 Å². The monoisotopic (exact) mass is 421 g/mol. The van der Waals surface area contributed by atoms with Gasteiger partial charge in [-0.2, -0.15) is 0 Å². The second-order valence-corrected chi connectivity index (χ2v) is 7.74. The number of carbonyl (C=O) groups is 2. The zero-order chi connectivity index (χ0) is 22.1. The van der Waals surface area contributed by atoms with Gasteiger partial charge in [-0.05, 0) is 61.1 Å². The minimum absolute atomic E-state index is 0.108. The molecule has 0 spiro atoms. The maximum Gasteiger partial charge on any atom is 0.267 e. The molecule has 2 N–H and O–H groups in total. The molecule has 2 aliphatic heterocycles. The zero-order valence-corrected chi connectivity index (χ0v) is 17.5. The van der Waals surface area contributed by atoms with E-state index < -0.39 is 17.8 Å². The Kier molecular flexibility index (Phi) is 5.59. The van der Waals surface area contributed by atoms with E-state index in [4.69, 9.17) is 10.5 Å². The van der Waals surface area contributed by atoms with Gasteiger partial charge in [-0.1, -0.05) is 24.3 Å². The number of carbonyl (C=O) groups excluding carboxylic acids is 2. The summed E-state index contributed by atoms with van der Waals surface area (Å²) in [6.45, 7) is 2.41. The van der Waals surface area contributed by atoms with Crippen molar-refractivity contribution >= 4 is 23.2 Å². The van der Waals surface area contributed by atoms with E-state index in [9.17, 15) is 14.0 Å². The van der Waals surface area contributed by atoms with Gasteiger partial charge in [0.25, 0.3) is 11.8 Å². The number of nitrogens with two attached hydrogens (primary N) is 1. The van der Waals surface area contributed by atoms with Gasteiger partial charge in [0.2, 0.25) is 0 Å². The van der Waals surface area contributed by atoms with E-state index in [0.717, 1.165) is 11.3 Å². The van der Waals surface area contributed by atoms with Crippen LogP contribution in [-0.4, -0.2) is 31.2 Å². The molecule has 31 heavy (non-hydrogen) atoms. The number of primary amides is 1. The third-order valence-electron chi connectivity index (χ3n) is 5.89. The smallest absolute Gasteiger partial charge is 0.267 e. The lowest BCUT2D eigenvalue weighted by molar-refractivity contribution is -0.115. The quantitative estimate of drug-likeness (QED) is 0.818. The highest BCUT2D eigenvalue weighted by molar-refractivity contribution is 6.46. The molecule has 2 amide bonds. The number of amides is 2. The Hall–Kier alpha value is -3.48. The van der Waals surface area contributed by atoms with Crippen LogP contribution >= 0.6 is 0 Å². The summed E-state index contributed by atoms with van der Waals surface area (Å²) in [6.07, 6.45) is 1.44. The van der Waals surface area contributed by atoms with Crippen LogP contribution in [0.25, 0.3) is 0 Å². The fraction of sp³-hybridized carbons (Fsp3) is 0.292. The fourth-order valence-corrected chi connectivity index (χ4v) is 4.30. The first kappa shape index (κ1) is 20.8. The van der Waals surface area contributed by atoms with Gasteiger partial charge in [-0.25, -0.2) is 4.39 Å². The molecule has 1 unspecified atom stereocenters. The summed E-state index contributed by atoms with van der Waals surface area (Å²) in [5.74, 6) is -1.15. The number of anilines is 1. The summed E-state index contributed by atoms with van der Waals surface area (Å²) < 4.78 is 18.9. The Morgan fingerprint density at radius 1 is 1.19 bits per heavy atom. The standard InChI is InChI=1S/C24H24FN3O3/c1-14-5-3-4-6-20(14)28-12-11-16-17(24(28)30)8-10-19(27-22(16)23(26)29)15-7-9-18(25)21(13-15)31-2/h3-7,9,13,19H,8,10-12H2,1-2H3,(H2,26,29). The third-order valence-corrected chi connectivity index (χ3v) is 5.89. The fourth-order valence-electron chi connectivity index (χ4n) is 4.30. The number of benzene rings is 2. The minimum atomic E-state index is -0.661. The lowest BCUT2D eigenvalue weighted by atomic mass is 9.91. The molecule has 1 atom stereocenters.